The minimum Gasteiger partial charge on any atom is -0.207 e. The van der Waals surface area contributed by atoms with Gasteiger partial charge in [-0.25, -0.2) is 4.39 Å². The summed E-state index contributed by atoms with van der Waals surface area (Å²) < 4.78 is 14.3. The zero-order chi connectivity index (χ0) is 20.5. The molecule has 154 valence electrons. The lowest BCUT2D eigenvalue weighted by molar-refractivity contribution is 0.296. The molecule has 0 nitrogen and oxygen atoms in total. The van der Waals surface area contributed by atoms with Gasteiger partial charge in [-0.2, -0.15) is 0 Å². The van der Waals surface area contributed by atoms with Crippen LogP contribution in [-0.2, 0) is 6.42 Å². The topological polar surface area (TPSA) is 0 Å². The highest BCUT2D eigenvalue weighted by atomic mass is 19.1. The van der Waals surface area contributed by atoms with Crippen LogP contribution in [0.25, 0.3) is 11.1 Å². The van der Waals surface area contributed by atoms with E-state index in [1.807, 2.05) is 12.1 Å². The van der Waals surface area contributed by atoms with Crippen LogP contribution in [0.2, 0.25) is 0 Å². The van der Waals surface area contributed by atoms with E-state index in [0.29, 0.717) is 5.92 Å². The zero-order valence-corrected chi connectivity index (χ0v) is 18.1. The number of hydrogen-bond donors (Lipinski definition) is 0. The maximum Gasteiger partial charge on any atom is 0.127 e. The van der Waals surface area contributed by atoms with Crippen molar-refractivity contribution >= 4 is 0 Å². The molecule has 1 aliphatic rings. The maximum absolute atomic E-state index is 14.3. The Morgan fingerprint density at radius 1 is 0.862 bits per heavy atom. The third-order valence-electron chi connectivity index (χ3n) is 6.30. The molecular weight excluding hydrogens is 355 g/mol. The minimum absolute atomic E-state index is 0.0886. The molecule has 0 atom stereocenters. The molecule has 0 saturated heterocycles. The minimum atomic E-state index is -0.0886. The highest BCUT2D eigenvalue weighted by molar-refractivity contribution is 5.65. The number of aryl methyl sites for hydroxylation is 1. The molecule has 0 amide bonds. The van der Waals surface area contributed by atoms with Crippen LogP contribution in [0.1, 0.15) is 82.8 Å². The Kier molecular flexibility index (Phi) is 8.36. The summed E-state index contributed by atoms with van der Waals surface area (Å²) in [5.41, 5.74) is 3.87. The van der Waals surface area contributed by atoms with Crippen molar-refractivity contribution < 1.29 is 4.39 Å². The fraction of sp³-hybridized carbons (Fsp3) is 0.500. The molecule has 0 aliphatic heterocycles. The second-order valence-corrected chi connectivity index (χ2v) is 8.62. The SMILES string of the molecule is CCCCc1ccc(-c2ccc(C#C[C@H]3CC[C@H](CCCC)CC3)cc2)cc1F. The molecule has 3 rings (SSSR count). The van der Waals surface area contributed by atoms with Gasteiger partial charge in [0.05, 0.1) is 0 Å². The number of rotatable bonds is 7. The molecule has 1 heteroatoms. The van der Waals surface area contributed by atoms with Crippen LogP contribution < -0.4 is 0 Å². The van der Waals surface area contributed by atoms with E-state index in [2.05, 4.69) is 50.0 Å². The van der Waals surface area contributed by atoms with Crippen LogP contribution in [0.15, 0.2) is 42.5 Å². The lowest BCUT2D eigenvalue weighted by atomic mass is 9.80. The first kappa shape index (κ1) is 21.6. The van der Waals surface area contributed by atoms with Crippen molar-refractivity contribution in [2.75, 3.05) is 0 Å². The molecule has 0 radical (unpaired) electrons. The van der Waals surface area contributed by atoms with Gasteiger partial charge in [0, 0.05) is 11.5 Å². The van der Waals surface area contributed by atoms with E-state index in [9.17, 15) is 4.39 Å². The average molecular weight is 391 g/mol. The third-order valence-corrected chi connectivity index (χ3v) is 6.30. The molecule has 2 aromatic rings. The second kappa shape index (κ2) is 11.2. The van der Waals surface area contributed by atoms with E-state index in [4.69, 9.17) is 0 Å². The van der Waals surface area contributed by atoms with Gasteiger partial charge >= 0.3 is 0 Å². The predicted molar refractivity (Wildman–Crippen MR) is 122 cm³/mol. The van der Waals surface area contributed by atoms with E-state index in [-0.39, 0.29) is 5.82 Å². The molecule has 1 saturated carbocycles. The van der Waals surface area contributed by atoms with Crippen molar-refractivity contribution in [3.63, 3.8) is 0 Å². The lowest BCUT2D eigenvalue weighted by Gasteiger charge is -2.25. The Bertz CT molecular complexity index is 814. The van der Waals surface area contributed by atoms with E-state index >= 15 is 0 Å². The zero-order valence-electron chi connectivity index (χ0n) is 18.1. The fourth-order valence-corrected chi connectivity index (χ4v) is 4.32. The quantitative estimate of drug-likeness (QED) is 0.418. The van der Waals surface area contributed by atoms with Gasteiger partial charge in [0.2, 0.25) is 0 Å². The van der Waals surface area contributed by atoms with Crippen molar-refractivity contribution in [3.8, 4) is 23.0 Å². The number of benzene rings is 2. The lowest BCUT2D eigenvalue weighted by Crippen LogP contribution is -2.13. The summed E-state index contributed by atoms with van der Waals surface area (Å²) in [5.74, 6) is 8.27. The molecule has 0 unspecified atom stereocenters. The van der Waals surface area contributed by atoms with E-state index in [1.165, 1.54) is 44.9 Å². The molecule has 0 spiro atoms. The van der Waals surface area contributed by atoms with Crippen molar-refractivity contribution in [2.24, 2.45) is 11.8 Å². The third kappa shape index (κ3) is 6.46. The maximum atomic E-state index is 14.3. The van der Waals surface area contributed by atoms with E-state index < -0.39 is 0 Å². The van der Waals surface area contributed by atoms with Gasteiger partial charge in [-0.1, -0.05) is 75.6 Å². The van der Waals surface area contributed by atoms with Crippen LogP contribution in [-0.4, -0.2) is 0 Å². The summed E-state index contributed by atoms with van der Waals surface area (Å²) in [7, 11) is 0. The fourth-order valence-electron chi connectivity index (χ4n) is 4.32. The van der Waals surface area contributed by atoms with Gasteiger partial charge < -0.3 is 0 Å². The Hall–Kier alpha value is -2.07. The normalized spacial score (nSPS) is 18.9. The Balaban J connectivity index is 1.57. The molecular formula is C28H35F. The summed E-state index contributed by atoms with van der Waals surface area (Å²) in [6.07, 6.45) is 12.2. The average Bonchev–Trinajstić information content (AvgIpc) is 2.76. The number of hydrogen-bond acceptors (Lipinski definition) is 0. The Morgan fingerprint density at radius 2 is 1.55 bits per heavy atom. The van der Waals surface area contributed by atoms with Crippen LogP contribution >= 0.6 is 0 Å². The first-order chi connectivity index (χ1) is 14.2. The Morgan fingerprint density at radius 3 is 2.21 bits per heavy atom. The standard InChI is InChI=1S/C28H35F/c1-3-5-7-22-9-11-23(12-10-22)13-14-24-15-17-25(18-16-24)27-20-19-26(8-6-4-2)28(29)21-27/h15-23H,3-12H2,1-2H3/t22-,23-. The van der Waals surface area contributed by atoms with Gasteiger partial charge in [-0.3, -0.25) is 0 Å². The summed E-state index contributed by atoms with van der Waals surface area (Å²) in [6, 6.07) is 13.9. The van der Waals surface area contributed by atoms with Crippen LogP contribution in [0, 0.1) is 29.5 Å². The molecule has 29 heavy (non-hydrogen) atoms. The van der Waals surface area contributed by atoms with Crippen molar-refractivity contribution in [1.82, 2.24) is 0 Å². The van der Waals surface area contributed by atoms with Gasteiger partial charge in [-0.05, 0) is 79.3 Å². The van der Waals surface area contributed by atoms with Crippen molar-refractivity contribution in [1.29, 1.82) is 0 Å². The number of unbranched alkanes of at least 4 members (excludes halogenated alkanes) is 2. The molecule has 0 N–H and O–H groups in total. The largest absolute Gasteiger partial charge is 0.207 e. The van der Waals surface area contributed by atoms with Crippen LogP contribution in [0.4, 0.5) is 4.39 Å². The monoisotopic (exact) mass is 390 g/mol. The summed E-state index contributed by atoms with van der Waals surface area (Å²) in [6.45, 7) is 4.41. The summed E-state index contributed by atoms with van der Waals surface area (Å²) in [5, 5.41) is 0. The van der Waals surface area contributed by atoms with Gasteiger partial charge in [0.15, 0.2) is 0 Å². The van der Waals surface area contributed by atoms with E-state index in [1.54, 1.807) is 6.07 Å². The highest BCUT2D eigenvalue weighted by Gasteiger charge is 2.19. The molecule has 0 aromatic heterocycles. The predicted octanol–water partition coefficient (Wildman–Crippen LogP) is 8.18. The molecule has 2 aromatic carbocycles. The van der Waals surface area contributed by atoms with E-state index in [0.717, 1.165) is 47.4 Å². The second-order valence-electron chi connectivity index (χ2n) is 8.62. The van der Waals surface area contributed by atoms with Gasteiger partial charge in [0.1, 0.15) is 5.82 Å². The van der Waals surface area contributed by atoms with Crippen LogP contribution in [0.3, 0.4) is 0 Å². The first-order valence-electron chi connectivity index (χ1n) is 11.6. The Labute approximate surface area is 176 Å². The molecule has 1 fully saturated rings. The molecule has 0 heterocycles. The van der Waals surface area contributed by atoms with Gasteiger partial charge in [-0.15, -0.1) is 0 Å². The summed E-state index contributed by atoms with van der Waals surface area (Å²) in [4.78, 5) is 0. The summed E-state index contributed by atoms with van der Waals surface area (Å²) >= 11 is 0. The van der Waals surface area contributed by atoms with Crippen molar-refractivity contribution in [3.05, 3.63) is 59.4 Å². The van der Waals surface area contributed by atoms with Crippen LogP contribution in [0.5, 0.6) is 0 Å². The first-order valence-corrected chi connectivity index (χ1v) is 11.6. The number of halogens is 1. The molecule has 0 bridgehead atoms. The highest BCUT2D eigenvalue weighted by Crippen LogP contribution is 2.31. The molecule has 1 aliphatic carbocycles. The smallest absolute Gasteiger partial charge is 0.127 e. The van der Waals surface area contributed by atoms with Crippen molar-refractivity contribution in [2.45, 2.75) is 78.1 Å². The van der Waals surface area contributed by atoms with Gasteiger partial charge in [0.25, 0.3) is 0 Å².